The molecule has 0 aliphatic rings. The molecule has 1 aromatic heterocycles. The van der Waals surface area contributed by atoms with E-state index in [2.05, 4.69) is 31.2 Å². The molecule has 0 unspecified atom stereocenters. The fourth-order valence-electron chi connectivity index (χ4n) is 1.36. The Morgan fingerprint density at radius 3 is 3.00 bits per heavy atom. The van der Waals surface area contributed by atoms with E-state index in [0.717, 1.165) is 5.56 Å². The van der Waals surface area contributed by atoms with Crippen LogP contribution in [0, 0.1) is 5.82 Å². The Morgan fingerprint density at radius 2 is 2.33 bits per heavy atom. The fourth-order valence-corrected chi connectivity index (χ4v) is 1.83. The van der Waals surface area contributed by atoms with E-state index in [1.807, 2.05) is 0 Å². The molecule has 0 saturated heterocycles. The van der Waals surface area contributed by atoms with E-state index in [1.165, 1.54) is 23.1 Å². The summed E-state index contributed by atoms with van der Waals surface area (Å²) in [7, 11) is 0. The first-order valence-corrected chi connectivity index (χ1v) is 5.70. The highest BCUT2D eigenvalue weighted by Crippen LogP contribution is 2.18. The Kier molecular flexibility index (Phi) is 3.56. The minimum absolute atomic E-state index is 0.135. The highest BCUT2D eigenvalue weighted by Gasteiger charge is 2.08. The minimum atomic E-state index is -0.318. The van der Waals surface area contributed by atoms with Crippen LogP contribution in [-0.2, 0) is 6.54 Å². The Labute approximate surface area is 110 Å². The van der Waals surface area contributed by atoms with Crippen molar-refractivity contribution in [1.29, 1.82) is 0 Å². The van der Waals surface area contributed by atoms with Gasteiger partial charge in [-0.2, -0.15) is 0 Å². The molecule has 1 aromatic carbocycles. The van der Waals surface area contributed by atoms with E-state index in [1.54, 1.807) is 6.07 Å². The lowest BCUT2D eigenvalue weighted by Crippen LogP contribution is -2.15. The summed E-state index contributed by atoms with van der Waals surface area (Å²) in [4.78, 5) is 3.88. The van der Waals surface area contributed by atoms with Crippen molar-refractivity contribution in [3.05, 3.63) is 46.2 Å². The van der Waals surface area contributed by atoms with Gasteiger partial charge in [-0.05, 0) is 17.7 Å². The zero-order valence-corrected chi connectivity index (χ0v) is 10.7. The number of benzene rings is 1. The van der Waals surface area contributed by atoms with Crippen LogP contribution in [0.3, 0.4) is 0 Å². The van der Waals surface area contributed by atoms with Crippen molar-refractivity contribution in [2.75, 3.05) is 0 Å². The summed E-state index contributed by atoms with van der Waals surface area (Å²) in [6.45, 7) is 0.395. The van der Waals surface area contributed by atoms with Crippen molar-refractivity contribution >= 4 is 21.8 Å². The largest absolute Gasteiger partial charge is 0.409 e. The first kappa shape index (κ1) is 12.5. The minimum Gasteiger partial charge on any atom is -0.409 e. The molecule has 0 aliphatic heterocycles. The maximum Gasteiger partial charge on any atom is 0.219 e. The molecule has 6 nitrogen and oxygen atoms in total. The van der Waals surface area contributed by atoms with Crippen molar-refractivity contribution < 1.29 is 9.60 Å². The number of amidine groups is 1. The van der Waals surface area contributed by atoms with E-state index in [4.69, 9.17) is 10.9 Å². The van der Waals surface area contributed by atoms with Crippen LogP contribution >= 0.6 is 15.9 Å². The fraction of sp³-hybridized carbons (Fsp3) is 0.100. The van der Waals surface area contributed by atoms with Crippen molar-refractivity contribution in [2.24, 2.45) is 10.9 Å². The molecule has 2 aromatic rings. The second-order valence-corrected chi connectivity index (χ2v) is 4.34. The lowest BCUT2D eigenvalue weighted by atomic mass is 10.2. The lowest BCUT2D eigenvalue weighted by Gasteiger charge is -2.04. The molecule has 0 radical (unpaired) electrons. The lowest BCUT2D eigenvalue weighted by molar-refractivity contribution is 0.318. The number of hydrogen-bond donors (Lipinski definition) is 2. The molecular formula is C10H9BrFN5O. The number of nitrogens with two attached hydrogens (primary N) is 1. The summed E-state index contributed by atoms with van der Waals surface area (Å²) >= 11 is 3.26. The highest BCUT2D eigenvalue weighted by atomic mass is 79.9. The molecule has 0 aliphatic carbocycles. The van der Waals surface area contributed by atoms with Gasteiger partial charge in [-0.1, -0.05) is 27.2 Å². The Hall–Kier alpha value is -1.96. The second kappa shape index (κ2) is 5.13. The summed E-state index contributed by atoms with van der Waals surface area (Å²) < 4.78 is 15.1. The third-order valence-corrected chi connectivity index (χ3v) is 2.96. The zero-order chi connectivity index (χ0) is 13.1. The zero-order valence-electron chi connectivity index (χ0n) is 9.09. The van der Waals surface area contributed by atoms with Gasteiger partial charge in [0.25, 0.3) is 0 Å². The SMILES string of the molecule is NC(=NO)c1ncn(Cc2ccc(F)cc2Br)n1. The molecule has 2 rings (SSSR count). The summed E-state index contributed by atoms with van der Waals surface area (Å²) in [5, 5.41) is 15.3. The number of rotatable bonds is 3. The molecule has 1 heterocycles. The van der Waals surface area contributed by atoms with Gasteiger partial charge in [-0.25, -0.2) is 14.1 Å². The third-order valence-electron chi connectivity index (χ3n) is 2.22. The summed E-state index contributed by atoms with van der Waals surface area (Å²) in [5.74, 6) is -0.343. The van der Waals surface area contributed by atoms with Gasteiger partial charge in [-0.3, -0.25) is 0 Å². The quantitative estimate of drug-likeness (QED) is 0.387. The van der Waals surface area contributed by atoms with Gasteiger partial charge in [0.2, 0.25) is 11.7 Å². The number of aromatic nitrogens is 3. The summed E-state index contributed by atoms with van der Waals surface area (Å²) in [6, 6.07) is 4.38. The van der Waals surface area contributed by atoms with Gasteiger partial charge >= 0.3 is 0 Å². The Balaban J connectivity index is 2.21. The standard InChI is InChI=1S/C10H9BrFN5O/c11-8-3-7(12)2-1-6(8)4-17-5-14-10(15-17)9(13)16-18/h1-3,5,18H,4H2,(H2,13,16). The highest BCUT2D eigenvalue weighted by molar-refractivity contribution is 9.10. The van der Waals surface area contributed by atoms with Gasteiger partial charge in [0.05, 0.1) is 6.54 Å². The van der Waals surface area contributed by atoms with Gasteiger partial charge < -0.3 is 10.9 Å². The average molecular weight is 314 g/mol. The predicted molar refractivity (Wildman–Crippen MR) is 65.7 cm³/mol. The summed E-state index contributed by atoms with van der Waals surface area (Å²) in [6.07, 6.45) is 1.45. The van der Waals surface area contributed by atoms with Crippen LogP contribution < -0.4 is 5.73 Å². The maximum absolute atomic E-state index is 12.9. The second-order valence-electron chi connectivity index (χ2n) is 3.49. The van der Waals surface area contributed by atoms with E-state index < -0.39 is 0 Å². The van der Waals surface area contributed by atoms with Crippen molar-refractivity contribution in [3.8, 4) is 0 Å². The van der Waals surface area contributed by atoms with Gasteiger partial charge in [0, 0.05) is 4.47 Å². The van der Waals surface area contributed by atoms with Crippen LogP contribution in [0.2, 0.25) is 0 Å². The smallest absolute Gasteiger partial charge is 0.219 e. The monoisotopic (exact) mass is 313 g/mol. The molecular weight excluding hydrogens is 305 g/mol. The molecule has 94 valence electrons. The predicted octanol–water partition coefficient (Wildman–Crippen LogP) is 1.32. The third kappa shape index (κ3) is 2.65. The molecule has 18 heavy (non-hydrogen) atoms. The van der Waals surface area contributed by atoms with E-state index >= 15 is 0 Å². The van der Waals surface area contributed by atoms with Crippen LogP contribution in [0.15, 0.2) is 34.2 Å². The molecule has 0 spiro atoms. The van der Waals surface area contributed by atoms with Crippen LogP contribution in [0.25, 0.3) is 0 Å². The first-order chi connectivity index (χ1) is 8.60. The van der Waals surface area contributed by atoms with E-state index in [-0.39, 0.29) is 17.5 Å². The normalized spacial score (nSPS) is 11.8. The first-order valence-electron chi connectivity index (χ1n) is 4.91. The van der Waals surface area contributed by atoms with Gasteiger partial charge in [0.15, 0.2) is 0 Å². The van der Waals surface area contributed by atoms with Gasteiger partial charge in [0.1, 0.15) is 12.1 Å². The van der Waals surface area contributed by atoms with E-state index in [0.29, 0.717) is 11.0 Å². The van der Waals surface area contributed by atoms with Crippen LogP contribution in [-0.4, -0.2) is 25.8 Å². The van der Waals surface area contributed by atoms with Crippen LogP contribution in [0.4, 0.5) is 4.39 Å². The van der Waals surface area contributed by atoms with Crippen molar-refractivity contribution in [1.82, 2.24) is 14.8 Å². The number of halogens is 2. The molecule has 0 bridgehead atoms. The summed E-state index contributed by atoms with van der Waals surface area (Å²) in [5.41, 5.74) is 6.19. The molecule has 0 saturated carbocycles. The van der Waals surface area contributed by atoms with Crippen LogP contribution in [0.1, 0.15) is 11.4 Å². The van der Waals surface area contributed by atoms with E-state index in [9.17, 15) is 4.39 Å². The molecule has 3 N–H and O–H groups in total. The molecule has 8 heteroatoms. The van der Waals surface area contributed by atoms with Crippen molar-refractivity contribution in [2.45, 2.75) is 6.54 Å². The maximum atomic E-state index is 12.9. The molecule has 0 fully saturated rings. The number of nitrogens with zero attached hydrogens (tertiary/aromatic N) is 4. The Bertz CT molecular complexity index is 598. The molecule has 0 atom stereocenters. The number of oxime groups is 1. The van der Waals surface area contributed by atoms with Crippen LogP contribution in [0.5, 0.6) is 0 Å². The number of hydrogen-bond acceptors (Lipinski definition) is 4. The topological polar surface area (TPSA) is 89.3 Å². The average Bonchev–Trinajstić information content (AvgIpc) is 2.80. The molecule has 0 amide bonds. The Morgan fingerprint density at radius 1 is 1.56 bits per heavy atom. The van der Waals surface area contributed by atoms with Crippen molar-refractivity contribution in [3.63, 3.8) is 0 Å². The van der Waals surface area contributed by atoms with Gasteiger partial charge in [-0.15, -0.1) is 5.10 Å².